The van der Waals surface area contributed by atoms with Crippen LogP contribution in [0.25, 0.3) is 0 Å². The monoisotopic (exact) mass is 364 g/mol. The van der Waals surface area contributed by atoms with E-state index in [0.29, 0.717) is 6.54 Å². The topological polar surface area (TPSA) is 42.4 Å². The molecule has 2 heterocycles. The average molecular weight is 365 g/mol. The Labute approximate surface area is 151 Å². The molecule has 24 heavy (non-hydrogen) atoms. The van der Waals surface area contributed by atoms with Crippen LogP contribution in [-0.2, 0) is 22.5 Å². The molecule has 0 unspecified atom stereocenters. The largest absolute Gasteiger partial charge is 0.468 e. The number of ether oxygens (including phenoxy) is 1. The van der Waals surface area contributed by atoms with Crippen LogP contribution < -0.4 is 0 Å². The molecule has 1 aliphatic rings. The number of halogens is 1. The summed E-state index contributed by atoms with van der Waals surface area (Å²) in [5.74, 6) is -0.133. The lowest BCUT2D eigenvalue weighted by atomic mass is 10.0. The van der Waals surface area contributed by atoms with Gasteiger partial charge in [-0.05, 0) is 37.1 Å². The second-order valence-electron chi connectivity index (χ2n) is 6.04. The Hall–Kier alpha value is -1.43. The molecule has 1 aliphatic heterocycles. The second kappa shape index (κ2) is 8.10. The van der Waals surface area contributed by atoms with Crippen molar-refractivity contribution in [2.75, 3.05) is 13.7 Å². The van der Waals surface area contributed by atoms with Gasteiger partial charge in [-0.3, -0.25) is 9.69 Å². The van der Waals surface area contributed by atoms with Crippen LogP contribution in [0.4, 0.5) is 0 Å². The molecule has 0 saturated carbocycles. The van der Waals surface area contributed by atoms with E-state index in [1.54, 1.807) is 11.3 Å². The molecule has 0 radical (unpaired) electrons. The summed E-state index contributed by atoms with van der Waals surface area (Å²) < 4.78 is 4.94. The molecule has 1 atom stereocenters. The van der Waals surface area contributed by atoms with E-state index >= 15 is 0 Å². The minimum Gasteiger partial charge on any atom is -0.468 e. The van der Waals surface area contributed by atoms with Crippen LogP contribution in [0.2, 0.25) is 5.02 Å². The fraction of sp³-hybridized carbons (Fsp3) is 0.444. The summed E-state index contributed by atoms with van der Waals surface area (Å²) in [6, 6.07) is 7.73. The van der Waals surface area contributed by atoms with Crippen molar-refractivity contribution >= 4 is 28.9 Å². The molecule has 0 aliphatic carbocycles. The van der Waals surface area contributed by atoms with Gasteiger partial charge in [0.25, 0.3) is 0 Å². The Morgan fingerprint density at radius 2 is 2.17 bits per heavy atom. The highest BCUT2D eigenvalue weighted by Crippen LogP contribution is 2.22. The molecule has 0 amide bonds. The molecule has 1 aromatic carbocycles. The molecule has 1 saturated heterocycles. The summed E-state index contributed by atoms with van der Waals surface area (Å²) in [5, 5.41) is 3.92. The number of hydrogen-bond acceptors (Lipinski definition) is 5. The van der Waals surface area contributed by atoms with Gasteiger partial charge in [-0.15, -0.1) is 11.3 Å². The van der Waals surface area contributed by atoms with Crippen LogP contribution in [0, 0.1) is 0 Å². The van der Waals surface area contributed by atoms with Crippen molar-refractivity contribution in [2.45, 2.75) is 38.3 Å². The number of benzene rings is 1. The van der Waals surface area contributed by atoms with Gasteiger partial charge < -0.3 is 4.74 Å². The zero-order valence-electron chi connectivity index (χ0n) is 13.7. The van der Waals surface area contributed by atoms with E-state index in [0.717, 1.165) is 48.0 Å². The Morgan fingerprint density at radius 3 is 2.92 bits per heavy atom. The Bertz CT molecular complexity index is 687. The van der Waals surface area contributed by atoms with Crippen LogP contribution in [0.5, 0.6) is 0 Å². The van der Waals surface area contributed by atoms with E-state index in [1.807, 2.05) is 24.3 Å². The lowest BCUT2D eigenvalue weighted by Gasteiger charge is -2.33. The van der Waals surface area contributed by atoms with Crippen molar-refractivity contribution in [2.24, 2.45) is 0 Å². The number of methoxy groups -OCH3 is 1. The number of aromatic nitrogens is 1. The third-order valence-corrected chi connectivity index (χ3v) is 5.47. The molecule has 0 spiro atoms. The van der Waals surface area contributed by atoms with Gasteiger partial charge in [0.15, 0.2) is 0 Å². The number of thiazole rings is 1. The van der Waals surface area contributed by atoms with Crippen LogP contribution in [-0.4, -0.2) is 35.5 Å². The summed E-state index contributed by atoms with van der Waals surface area (Å²) in [7, 11) is 1.46. The number of rotatable bonds is 5. The van der Waals surface area contributed by atoms with E-state index in [9.17, 15) is 4.79 Å². The molecule has 128 valence electrons. The van der Waals surface area contributed by atoms with Gasteiger partial charge in [0, 0.05) is 23.4 Å². The maximum Gasteiger partial charge on any atom is 0.323 e. The lowest BCUT2D eigenvalue weighted by Crippen LogP contribution is -2.44. The van der Waals surface area contributed by atoms with E-state index < -0.39 is 0 Å². The van der Waals surface area contributed by atoms with Crippen molar-refractivity contribution in [3.63, 3.8) is 0 Å². The predicted molar refractivity (Wildman–Crippen MR) is 96.4 cm³/mol. The van der Waals surface area contributed by atoms with Crippen molar-refractivity contribution < 1.29 is 9.53 Å². The van der Waals surface area contributed by atoms with Crippen LogP contribution >= 0.6 is 22.9 Å². The van der Waals surface area contributed by atoms with Crippen LogP contribution in [0.1, 0.15) is 35.5 Å². The number of hydrogen-bond donors (Lipinski definition) is 0. The third-order valence-electron chi connectivity index (χ3n) is 4.32. The predicted octanol–water partition coefficient (Wildman–Crippen LogP) is 3.91. The van der Waals surface area contributed by atoms with Crippen LogP contribution in [0.15, 0.2) is 29.6 Å². The Morgan fingerprint density at radius 1 is 1.38 bits per heavy atom. The van der Waals surface area contributed by atoms with Gasteiger partial charge >= 0.3 is 5.97 Å². The molecule has 0 bridgehead atoms. The Balaban J connectivity index is 1.64. The van der Waals surface area contributed by atoms with Gasteiger partial charge in [0.2, 0.25) is 0 Å². The molecule has 4 nitrogen and oxygen atoms in total. The van der Waals surface area contributed by atoms with E-state index in [2.05, 4.69) is 10.3 Å². The molecular formula is C18H21ClN2O2S. The number of piperidine rings is 1. The highest BCUT2D eigenvalue weighted by Gasteiger charge is 2.29. The van der Waals surface area contributed by atoms with Crippen molar-refractivity contribution in [3.8, 4) is 0 Å². The maximum atomic E-state index is 11.9. The average Bonchev–Trinajstić information content (AvgIpc) is 3.04. The molecule has 1 fully saturated rings. The lowest BCUT2D eigenvalue weighted by molar-refractivity contribution is -0.148. The van der Waals surface area contributed by atoms with Crippen molar-refractivity contribution in [3.05, 3.63) is 50.9 Å². The number of nitrogens with zero attached hydrogens (tertiary/aromatic N) is 2. The number of carbonyl (C=O) groups excluding carboxylic acids is 1. The standard InChI is InChI=1S/C18H21ClN2O2S/c1-23-18(22)16-4-2-3-9-21(16)11-15-12-24-17(20-15)10-13-5-7-14(19)8-6-13/h5-8,12,16H,2-4,9-11H2,1H3/t16-/m1/s1. The number of carbonyl (C=O) groups is 1. The molecule has 6 heteroatoms. The highest BCUT2D eigenvalue weighted by atomic mass is 35.5. The quantitative estimate of drug-likeness (QED) is 0.754. The summed E-state index contributed by atoms with van der Waals surface area (Å²) in [6.07, 6.45) is 3.88. The van der Waals surface area contributed by atoms with Gasteiger partial charge in [-0.1, -0.05) is 30.2 Å². The Kier molecular flexibility index (Phi) is 5.87. The first-order valence-corrected chi connectivity index (χ1v) is 9.41. The maximum absolute atomic E-state index is 11.9. The van der Waals surface area contributed by atoms with Gasteiger partial charge in [0.05, 0.1) is 17.8 Å². The fourth-order valence-electron chi connectivity index (χ4n) is 3.07. The smallest absolute Gasteiger partial charge is 0.323 e. The molecule has 2 aromatic rings. The fourth-order valence-corrected chi connectivity index (χ4v) is 4.02. The molecule has 3 rings (SSSR count). The van der Waals surface area contributed by atoms with Gasteiger partial charge in [-0.25, -0.2) is 4.98 Å². The van der Waals surface area contributed by atoms with E-state index in [1.165, 1.54) is 12.7 Å². The summed E-state index contributed by atoms with van der Waals surface area (Å²) in [6.45, 7) is 1.63. The van der Waals surface area contributed by atoms with Gasteiger partial charge in [0.1, 0.15) is 6.04 Å². The van der Waals surface area contributed by atoms with E-state index in [4.69, 9.17) is 21.3 Å². The zero-order chi connectivity index (χ0) is 16.9. The summed E-state index contributed by atoms with van der Waals surface area (Å²) in [5.41, 5.74) is 2.23. The summed E-state index contributed by atoms with van der Waals surface area (Å²) in [4.78, 5) is 18.9. The zero-order valence-corrected chi connectivity index (χ0v) is 15.3. The van der Waals surface area contributed by atoms with Crippen molar-refractivity contribution in [1.82, 2.24) is 9.88 Å². The second-order valence-corrected chi connectivity index (χ2v) is 7.42. The number of esters is 1. The minimum atomic E-state index is -0.134. The first kappa shape index (κ1) is 17.4. The first-order chi connectivity index (χ1) is 11.7. The van der Waals surface area contributed by atoms with E-state index in [-0.39, 0.29) is 12.0 Å². The summed E-state index contributed by atoms with van der Waals surface area (Å²) >= 11 is 7.59. The van der Waals surface area contributed by atoms with Crippen molar-refractivity contribution in [1.29, 1.82) is 0 Å². The number of likely N-dealkylation sites (tertiary alicyclic amines) is 1. The minimum absolute atomic E-state index is 0.133. The molecular weight excluding hydrogens is 344 g/mol. The molecule has 0 N–H and O–H groups in total. The normalized spacial score (nSPS) is 18.5. The highest BCUT2D eigenvalue weighted by molar-refractivity contribution is 7.09. The van der Waals surface area contributed by atoms with Crippen LogP contribution in [0.3, 0.4) is 0 Å². The SMILES string of the molecule is COC(=O)[C@H]1CCCCN1Cc1csc(Cc2ccc(Cl)cc2)n1. The van der Waals surface area contributed by atoms with Gasteiger partial charge in [-0.2, -0.15) is 0 Å². The molecule has 1 aromatic heterocycles. The third kappa shape index (κ3) is 4.35. The first-order valence-electron chi connectivity index (χ1n) is 8.15.